The Labute approximate surface area is 54.6 Å². The van der Waals surface area contributed by atoms with Gasteiger partial charge in [0.25, 0.3) is 0 Å². The van der Waals surface area contributed by atoms with Gasteiger partial charge in [-0.1, -0.05) is 0 Å². The highest BCUT2D eigenvalue weighted by Gasteiger charge is 2.04. The van der Waals surface area contributed by atoms with Gasteiger partial charge in [-0.15, -0.1) is 0 Å². The van der Waals surface area contributed by atoms with Gasteiger partial charge < -0.3 is 16.8 Å². The van der Waals surface area contributed by atoms with Crippen LogP contribution in [0.5, 0.6) is 0 Å². The van der Waals surface area contributed by atoms with Gasteiger partial charge in [-0.3, -0.25) is 4.79 Å². The molecule has 0 heterocycles. The van der Waals surface area contributed by atoms with Gasteiger partial charge in [-0.25, -0.2) is 0 Å². The molecule has 0 aromatic heterocycles. The van der Waals surface area contributed by atoms with Gasteiger partial charge in [0, 0.05) is 13.1 Å². The number of nitrogens with one attached hydrogen (secondary N) is 1. The second-order valence-electron chi connectivity index (χ2n) is 1.87. The predicted octanol–water partition coefficient (Wildman–Crippen LogP) is -1.59. The van der Waals surface area contributed by atoms with E-state index in [1.165, 1.54) is 0 Å². The summed E-state index contributed by atoms with van der Waals surface area (Å²) < 4.78 is 0. The molecule has 4 nitrogen and oxygen atoms in total. The minimum absolute atomic E-state index is 0.270. The fraction of sp³-hybridized carbons (Fsp3) is 0.800. The number of primary amides is 1. The maximum absolute atomic E-state index is 10.3. The molecular weight excluding hydrogens is 118 g/mol. The van der Waals surface area contributed by atoms with Crippen molar-refractivity contribution in [2.75, 3.05) is 13.1 Å². The van der Waals surface area contributed by atoms with E-state index in [1.807, 2.05) is 0 Å². The van der Waals surface area contributed by atoms with Crippen LogP contribution in [0, 0.1) is 0 Å². The van der Waals surface area contributed by atoms with Crippen molar-refractivity contribution in [1.82, 2.24) is 5.32 Å². The lowest BCUT2D eigenvalue weighted by Gasteiger charge is -2.06. The molecule has 54 valence electrons. The van der Waals surface area contributed by atoms with E-state index < -0.39 is 0 Å². The summed E-state index contributed by atoms with van der Waals surface area (Å²) in [6, 6.07) is -0.270. The summed E-state index contributed by atoms with van der Waals surface area (Å²) >= 11 is 0. The Morgan fingerprint density at radius 1 is 1.78 bits per heavy atom. The van der Waals surface area contributed by atoms with E-state index in [2.05, 4.69) is 5.32 Å². The van der Waals surface area contributed by atoms with Crippen LogP contribution in [0.25, 0.3) is 0 Å². The average molecular weight is 131 g/mol. The number of hydrogen-bond donors (Lipinski definition) is 3. The lowest BCUT2D eigenvalue weighted by atomic mass is 10.3. The number of hydrogen-bond acceptors (Lipinski definition) is 3. The monoisotopic (exact) mass is 131 g/mol. The molecule has 1 amide bonds. The second-order valence-corrected chi connectivity index (χ2v) is 1.87. The average Bonchev–Trinajstić information content (AvgIpc) is 1.82. The molecule has 0 fully saturated rings. The minimum atomic E-state index is -0.344. The fourth-order valence-corrected chi connectivity index (χ4v) is 0.400. The van der Waals surface area contributed by atoms with Crippen LogP contribution in [-0.4, -0.2) is 25.0 Å². The van der Waals surface area contributed by atoms with Gasteiger partial charge in [-0.2, -0.15) is 0 Å². The Bertz CT molecular complexity index is 94.2. The molecule has 0 aliphatic rings. The summed E-state index contributed by atoms with van der Waals surface area (Å²) in [6.45, 7) is 2.86. The van der Waals surface area contributed by atoms with Crippen molar-refractivity contribution < 1.29 is 4.79 Å². The van der Waals surface area contributed by atoms with E-state index >= 15 is 0 Å². The molecule has 1 atom stereocenters. The van der Waals surface area contributed by atoms with Gasteiger partial charge in [0.2, 0.25) is 5.91 Å². The van der Waals surface area contributed by atoms with Crippen LogP contribution in [0.2, 0.25) is 0 Å². The van der Waals surface area contributed by atoms with E-state index in [4.69, 9.17) is 11.5 Å². The third-order valence-electron chi connectivity index (χ3n) is 1.02. The Balaban J connectivity index is 3.27. The molecule has 0 aromatic rings. The molecule has 0 aliphatic heterocycles. The van der Waals surface area contributed by atoms with Crippen molar-refractivity contribution in [3.8, 4) is 0 Å². The molecule has 0 spiro atoms. The zero-order valence-electron chi connectivity index (χ0n) is 5.55. The number of amides is 1. The first-order valence-electron chi connectivity index (χ1n) is 2.91. The SMILES string of the molecule is CC(NCCN)C(N)=O. The van der Waals surface area contributed by atoms with Crippen molar-refractivity contribution in [3.63, 3.8) is 0 Å². The van der Waals surface area contributed by atoms with Crippen molar-refractivity contribution in [2.45, 2.75) is 13.0 Å². The van der Waals surface area contributed by atoms with Crippen molar-refractivity contribution in [3.05, 3.63) is 0 Å². The molecule has 0 bridgehead atoms. The normalized spacial score (nSPS) is 13.1. The van der Waals surface area contributed by atoms with Crippen LogP contribution in [0.15, 0.2) is 0 Å². The summed E-state index contributed by atoms with van der Waals surface area (Å²) in [5, 5.41) is 2.83. The van der Waals surface area contributed by atoms with E-state index in [9.17, 15) is 4.79 Å². The Morgan fingerprint density at radius 3 is 2.67 bits per heavy atom. The molecule has 0 saturated carbocycles. The van der Waals surface area contributed by atoms with Crippen LogP contribution in [0.1, 0.15) is 6.92 Å². The minimum Gasteiger partial charge on any atom is -0.368 e. The van der Waals surface area contributed by atoms with Crippen molar-refractivity contribution in [1.29, 1.82) is 0 Å². The summed E-state index contributed by atoms with van der Waals surface area (Å²) in [6.07, 6.45) is 0. The zero-order valence-corrected chi connectivity index (χ0v) is 5.55. The van der Waals surface area contributed by atoms with E-state index in [1.54, 1.807) is 6.92 Å². The Morgan fingerprint density at radius 2 is 2.33 bits per heavy atom. The van der Waals surface area contributed by atoms with Crippen molar-refractivity contribution >= 4 is 5.91 Å². The molecular formula is C5H13N3O. The lowest BCUT2D eigenvalue weighted by molar-refractivity contribution is -0.119. The third kappa shape index (κ3) is 3.93. The molecule has 1 unspecified atom stereocenters. The highest BCUT2D eigenvalue weighted by atomic mass is 16.1. The number of carbonyl (C=O) groups excluding carboxylic acids is 1. The molecule has 0 rings (SSSR count). The number of nitrogens with two attached hydrogens (primary N) is 2. The molecule has 5 N–H and O–H groups in total. The third-order valence-corrected chi connectivity index (χ3v) is 1.02. The molecule has 0 radical (unpaired) electrons. The molecule has 9 heavy (non-hydrogen) atoms. The standard InChI is InChI=1S/C5H13N3O/c1-4(5(7)9)8-3-2-6/h4,8H,2-3,6H2,1H3,(H2,7,9). The van der Waals surface area contributed by atoms with E-state index in [0.717, 1.165) is 0 Å². The summed E-state index contributed by atoms with van der Waals surface area (Å²) in [5.41, 5.74) is 10.1. The van der Waals surface area contributed by atoms with Gasteiger partial charge in [-0.05, 0) is 6.92 Å². The summed E-state index contributed by atoms with van der Waals surface area (Å²) in [5.74, 6) is -0.344. The first kappa shape index (κ1) is 8.39. The number of carbonyl (C=O) groups is 1. The molecule has 0 aliphatic carbocycles. The Hall–Kier alpha value is -0.610. The van der Waals surface area contributed by atoms with Crippen LogP contribution < -0.4 is 16.8 Å². The topological polar surface area (TPSA) is 81.1 Å². The van der Waals surface area contributed by atoms with Crippen LogP contribution >= 0.6 is 0 Å². The molecule has 0 saturated heterocycles. The smallest absolute Gasteiger partial charge is 0.234 e. The quantitative estimate of drug-likeness (QED) is 0.430. The van der Waals surface area contributed by atoms with Crippen LogP contribution in [-0.2, 0) is 4.79 Å². The Kier molecular flexibility index (Phi) is 4.00. The largest absolute Gasteiger partial charge is 0.368 e. The second kappa shape index (κ2) is 4.29. The highest BCUT2D eigenvalue weighted by Crippen LogP contribution is 1.74. The molecule has 4 heteroatoms. The predicted molar refractivity (Wildman–Crippen MR) is 35.7 cm³/mol. The maximum atomic E-state index is 10.3. The summed E-state index contributed by atoms with van der Waals surface area (Å²) in [7, 11) is 0. The first-order chi connectivity index (χ1) is 4.18. The first-order valence-corrected chi connectivity index (χ1v) is 2.91. The van der Waals surface area contributed by atoms with Crippen molar-refractivity contribution in [2.24, 2.45) is 11.5 Å². The lowest BCUT2D eigenvalue weighted by Crippen LogP contribution is -2.40. The van der Waals surface area contributed by atoms with Crippen LogP contribution in [0.4, 0.5) is 0 Å². The number of rotatable bonds is 4. The van der Waals surface area contributed by atoms with Gasteiger partial charge >= 0.3 is 0 Å². The van der Waals surface area contributed by atoms with Gasteiger partial charge in [0.05, 0.1) is 6.04 Å². The molecule has 0 aromatic carbocycles. The van der Waals surface area contributed by atoms with Crippen LogP contribution in [0.3, 0.4) is 0 Å². The van der Waals surface area contributed by atoms with Gasteiger partial charge in [0.1, 0.15) is 0 Å². The van der Waals surface area contributed by atoms with Gasteiger partial charge in [0.15, 0.2) is 0 Å². The van der Waals surface area contributed by atoms with E-state index in [-0.39, 0.29) is 11.9 Å². The maximum Gasteiger partial charge on any atom is 0.234 e. The summed E-state index contributed by atoms with van der Waals surface area (Å²) in [4.78, 5) is 10.3. The highest BCUT2D eigenvalue weighted by molar-refractivity contribution is 5.79. The zero-order chi connectivity index (χ0) is 7.28. The van der Waals surface area contributed by atoms with E-state index in [0.29, 0.717) is 13.1 Å². The fourth-order valence-electron chi connectivity index (χ4n) is 0.400.